The van der Waals surface area contributed by atoms with E-state index in [1.807, 2.05) is 0 Å². The molecule has 2 N–H and O–H groups in total. The van der Waals surface area contributed by atoms with Gasteiger partial charge < -0.3 is 5.73 Å². The highest BCUT2D eigenvalue weighted by Gasteiger charge is 2.30. The molecule has 1 heterocycles. The molecule has 0 aromatic rings. The second kappa shape index (κ2) is 3.94. The van der Waals surface area contributed by atoms with Gasteiger partial charge in [0.1, 0.15) is 0 Å². The third-order valence-corrected chi connectivity index (χ3v) is 2.15. The maximum absolute atomic E-state index is 5.49. The minimum absolute atomic E-state index is 0.733. The van der Waals surface area contributed by atoms with E-state index in [2.05, 4.69) is 11.8 Å². The average molecular weight is 142 g/mol. The monoisotopic (exact) mass is 142 g/mol. The molecule has 2 nitrogen and oxygen atoms in total. The van der Waals surface area contributed by atoms with Gasteiger partial charge in [0.2, 0.25) is 0 Å². The SMILES string of the molecule is CCCCCN1CC1CN. The molecule has 0 aliphatic carbocycles. The topological polar surface area (TPSA) is 29.0 Å². The summed E-state index contributed by atoms with van der Waals surface area (Å²) in [6.45, 7) is 5.62. The molecular formula is C8H18N2. The van der Waals surface area contributed by atoms with Gasteiger partial charge in [-0.05, 0) is 13.0 Å². The fraction of sp³-hybridized carbons (Fsp3) is 1.00. The minimum Gasteiger partial charge on any atom is -0.329 e. The van der Waals surface area contributed by atoms with Gasteiger partial charge in [0.15, 0.2) is 0 Å². The van der Waals surface area contributed by atoms with Gasteiger partial charge in [0.25, 0.3) is 0 Å². The van der Waals surface area contributed by atoms with Crippen LogP contribution in [0.1, 0.15) is 26.2 Å². The molecule has 10 heavy (non-hydrogen) atoms. The number of nitrogens with zero attached hydrogens (tertiary/aromatic N) is 1. The quantitative estimate of drug-likeness (QED) is 0.455. The summed E-state index contributed by atoms with van der Waals surface area (Å²) in [4.78, 5) is 2.45. The van der Waals surface area contributed by atoms with Crippen LogP contribution in [0.4, 0.5) is 0 Å². The summed E-state index contributed by atoms with van der Waals surface area (Å²) in [6, 6.07) is 0.733. The Morgan fingerprint density at radius 2 is 2.30 bits per heavy atom. The van der Waals surface area contributed by atoms with Crippen molar-refractivity contribution >= 4 is 0 Å². The van der Waals surface area contributed by atoms with Crippen molar-refractivity contribution in [1.29, 1.82) is 0 Å². The molecule has 0 spiro atoms. The van der Waals surface area contributed by atoms with E-state index < -0.39 is 0 Å². The number of rotatable bonds is 5. The van der Waals surface area contributed by atoms with Gasteiger partial charge in [-0.15, -0.1) is 0 Å². The molecule has 2 unspecified atom stereocenters. The zero-order valence-corrected chi connectivity index (χ0v) is 6.84. The van der Waals surface area contributed by atoms with Crippen molar-refractivity contribution < 1.29 is 0 Å². The molecule has 0 aromatic carbocycles. The van der Waals surface area contributed by atoms with E-state index in [4.69, 9.17) is 5.73 Å². The second-order valence-electron chi connectivity index (χ2n) is 3.09. The van der Waals surface area contributed by atoms with Crippen LogP contribution in [0.2, 0.25) is 0 Å². The van der Waals surface area contributed by atoms with Crippen molar-refractivity contribution in [2.45, 2.75) is 32.2 Å². The molecule has 0 aromatic heterocycles. The van der Waals surface area contributed by atoms with Crippen molar-refractivity contribution in [3.8, 4) is 0 Å². The molecule has 0 saturated carbocycles. The van der Waals surface area contributed by atoms with E-state index in [-0.39, 0.29) is 0 Å². The summed E-state index contributed by atoms with van der Waals surface area (Å²) in [5.74, 6) is 0. The number of hydrogen-bond donors (Lipinski definition) is 1. The zero-order chi connectivity index (χ0) is 7.40. The third-order valence-electron chi connectivity index (χ3n) is 2.15. The van der Waals surface area contributed by atoms with Crippen LogP contribution in [-0.2, 0) is 0 Å². The van der Waals surface area contributed by atoms with Gasteiger partial charge in [-0.2, -0.15) is 0 Å². The van der Waals surface area contributed by atoms with Gasteiger partial charge in [-0.25, -0.2) is 0 Å². The van der Waals surface area contributed by atoms with E-state index in [0.717, 1.165) is 12.6 Å². The molecule has 0 radical (unpaired) electrons. The van der Waals surface area contributed by atoms with Crippen LogP contribution < -0.4 is 5.73 Å². The maximum atomic E-state index is 5.49. The standard InChI is InChI=1S/C8H18N2/c1-2-3-4-5-10-7-8(10)6-9/h8H,2-7,9H2,1H3. The molecule has 2 heteroatoms. The van der Waals surface area contributed by atoms with Crippen LogP contribution in [0, 0.1) is 0 Å². The average Bonchev–Trinajstić information content (AvgIpc) is 2.68. The Morgan fingerprint density at radius 1 is 1.50 bits per heavy atom. The van der Waals surface area contributed by atoms with Crippen molar-refractivity contribution in [3.05, 3.63) is 0 Å². The van der Waals surface area contributed by atoms with Gasteiger partial charge >= 0.3 is 0 Å². The van der Waals surface area contributed by atoms with Crippen LogP contribution in [0.3, 0.4) is 0 Å². The normalized spacial score (nSPS) is 30.6. The molecule has 1 aliphatic rings. The summed E-state index contributed by atoms with van der Waals surface area (Å²) >= 11 is 0. The van der Waals surface area contributed by atoms with E-state index in [1.54, 1.807) is 0 Å². The van der Waals surface area contributed by atoms with E-state index in [0.29, 0.717) is 0 Å². The van der Waals surface area contributed by atoms with Gasteiger partial charge in [0.05, 0.1) is 0 Å². The van der Waals surface area contributed by atoms with E-state index >= 15 is 0 Å². The highest BCUT2D eigenvalue weighted by atomic mass is 15.3. The maximum Gasteiger partial charge on any atom is 0.0346 e. The first-order chi connectivity index (χ1) is 4.88. The van der Waals surface area contributed by atoms with Crippen LogP contribution in [0.5, 0.6) is 0 Å². The smallest absolute Gasteiger partial charge is 0.0346 e. The number of nitrogens with two attached hydrogens (primary N) is 1. The highest BCUT2D eigenvalue weighted by molar-refractivity contribution is 4.89. The lowest BCUT2D eigenvalue weighted by atomic mass is 10.2. The molecule has 2 atom stereocenters. The molecule has 1 rings (SSSR count). The van der Waals surface area contributed by atoms with Gasteiger partial charge in [-0.3, -0.25) is 4.90 Å². The first-order valence-corrected chi connectivity index (χ1v) is 4.32. The molecular weight excluding hydrogens is 124 g/mol. The number of unbranched alkanes of at least 4 members (excludes halogenated alkanes) is 2. The summed E-state index contributed by atoms with van der Waals surface area (Å²) in [5.41, 5.74) is 5.49. The van der Waals surface area contributed by atoms with Crippen LogP contribution in [-0.4, -0.2) is 30.6 Å². The lowest BCUT2D eigenvalue weighted by molar-refractivity contribution is 0.479. The van der Waals surface area contributed by atoms with Crippen LogP contribution in [0.15, 0.2) is 0 Å². The van der Waals surface area contributed by atoms with Crippen molar-refractivity contribution in [2.75, 3.05) is 19.6 Å². The Kier molecular flexibility index (Phi) is 3.16. The Balaban J connectivity index is 1.87. The fourth-order valence-electron chi connectivity index (χ4n) is 1.29. The lowest BCUT2D eigenvalue weighted by Gasteiger charge is -1.99. The molecule has 0 bridgehead atoms. The minimum atomic E-state index is 0.733. The highest BCUT2D eigenvalue weighted by Crippen LogP contribution is 2.16. The van der Waals surface area contributed by atoms with E-state index in [9.17, 15) is 0 Å². The predicted molar refractivity (Wildman–Crippen MR) is 43.9 cm³/mol. The molecule has 1 fully saturated rings. The molecule has 1 saturated heterocycles. The lowest BCUT2D eigenvalue weighted by Crippen LogP contribution is -2.13. The molecule has 60 valence electrons. The Bertz CT molecular complexity index is 93.3. The predicted octanol–water partition coefficient (Wildman–Crippen LogP) is 0.820. The van der Waals surface area contributed by atoms with Crippen molar-refractivity contribution in [2.24, 2.45) is 5.73 Å². The summed E-state index contributed by atoms with van der Waals surface area (Å²) in [5, 5.41) is 0. The Morgan fingerprint density at radius 3 is 2.80 bits per heavy atom. The first-order valence-electron chi connectivity index (χ1n) is 4.32. The van der Waals surface area contributed by atoms with Gasteiger partial charge in [-0.1, -0.05) is 19.8 Å². The zero-order valence-electron chi connectivity index (χ0n) is 6.84. The van der Waals surface area contributed by atoms with Gasteiger partial charge in [0, 0.05) is 19.1 Å². The first kappa shape index (κ1) is 8.02. The van der Waals surface area contributed by atoms with Crippen LogP contribution >= 0.6 is 0 Å². The van der Waals surface area contributed by atoms with Crippen molar-refractivity contribution in [3.63, 3.8) is 0 Å². The summed E-state index contributed by atoms with van der Waals surface area (Å²) in [6.07, 6.45) is 4.04. The fourth-order valence-corrected chi connectivity index (χ4v) is 1.29. The molecule has 1 aliphatic heterocycles. The Hall–Kier alpha value is -0.0800. The van der Waals surface area contributed by atoms with E-state index in [1.165, 1.54) is 32.4 Å². The summed E-state index contributed by atoms with van der Waals surface area (Å²) in [7, 11) is 0. The summed E-state index contributed by atoms with van der Waals surface area (Å²) < 4.78 is 0. The largest absolute Gasteiger partial charge is 0.329 e. The molecule has 0 amide bonds. The number of hydrogen-bond acceptors (Lipinski definition) is 2. The second-order valence-corrected chi connectivity index (χ2v) is 3.09. The third kappa shape index (κ3) is 2.27. The van der Waals surface area contributed by atoms with Crippen LogP contribution in [0.25, 0.3) is 0 Å². The van der Waals surface area contributed by atoms with Crippen molar-refractivity contribution in [1.82, 2.24) is 4.90 Å². The Labute approximate surface area is 63.4 Å².